The highest BCUT2D eigenvalue weighted by molar-refractivity contribution is 5.54. The van der Waals surface area contributed by atoms with Crippen LogP contribution in [-0.2, 0) is 11.3 Å². The Morgan fingerprint density at radius 2 is 2.20 bits per heavy atom. The summed E-state index contributed by atoms with van der Waals surface area (Å²) in [6, 6.07) is 8.16. The van der Waals surface area contributed by atoms with Gasteiger partial charge < -0.3 is 14.2 Å². The number of aromatic nitrogens is 6. The van der Waals surface area contributed by atoms with Gasteiger partial charge in [-0.05, 0) is 25.0 Å². The third-order valence-electron chi connectivity index (χ3n) is 5.20. The summed E-state index contributed by atoms with van der Waals surface area (Å²) in [7, 11) is 1.64. The highest BCUT2D eigenvalue weighted by Gasteiger charge is 2.28. The van der Waals surface area contributed by atoms with Crippen LogP contribution in [0.15, 0.2) is 41.2 Å². The summed E-state index contributed by atoms with van der Waals surface area (Å²) < 4.78 is 26.0. The van der Waals surface area contributed by atoms with E-state index in [-0.39, 0.29) is 11.7 Å². The summed E-state index contributed by atoms with van der Waals surface area (Å²) in [5, 5.41) is 8.37. The van der Waals surface area contributed by atoms with E-state index in [4.69, 9.17) is 9.26 Å². The number of benzene rings is 1. The van der Waals surface area contributed by atoms with Crippen LogP contribution in [0, 0.1) is 5.82 Å². The van der Waals surface area contributed by atoms with E-state index < -0.39 is 0 Å². The Bertz CT molecular complexity index is 1170. The first-order valence-corrected chi connectivity index (χ1v) is 9.74. The predicted octanol–water partition coefficient (Wildman–Crippen LogP) is 2.84. The van der Waals surface area contributed by atoms with Crippen LogP contribution in [0.25, 0.3) is 17.2 Å². The largest absolute Gasteiger partial charge is 0.378 e. The first-order chi connectivity index (χ1) is 14.7. The van der Waals surface area contributed by atoms with Crippen LogP contribution in [0.1, 0.15) is 30.3 Å². The van der Waals surface area contributed by atoms with Crippen LogP contribution in [-0.4, -0.2) is 49.9 Å². The third kappa shape index (κ3) is 3.50. The molecule has 1 unspecified atom stereocenters. The number of ether oxygens (including phenoxy) is 1. The van der Waals surface area contributed by atoms with Gasteiger partial charge in [0.05, 0.1) is 18.2 Å². The molecule has 0 aliphatic carbocycles. The Morgan fingerprint density at radius 1 is 1.27 bits per heavy atom. The van der Waals surface area contributed by atoms with E-state index in [0.717, 1.165) is 30.9 Å². The van der Waals surface area contributed by atoms with E-state index in [2.05, 4.69) is 30.1 Å². The Morgan fingerprint density at radius 3 is 3.07 bits per heavy atom. The zero-order valence-electron chi connectivity index (χ0n) is 16.4. The molecule has 9 nitrogen and oxygen atoms in total. The molecule has 0 saturated carbocycles. The van der Waals surface area contributed by atoms with Crippen molar-refractivity contribution in [2.24, 2.45) is 0 Å². The molecule has 1 aliphatic rings. The molecule has 1 atom stereocenters. The van der Waals surface area contributed by atoms with Crippen molar-refractivity contribution in [3.05, 3.63) is 54.1 Å². The van der Waals surface area contributed by atoms with Gasteiger partial charge in [0.1, 0.15) is 18.0 Å². The van der Waals surface area contributed by atoms with Gasteiger partial charge in [-0.15, -0.1) is 0 Å². The van der Waals surface area contributed by atoms with E-state index >= 15 is 0 Å². The Labute approximate surface area is 171 Å². The molecule has 0 amide bonds. The zero-order valence-corrected chi connectivity index (χ0v) is 16.4. The third-order valence-corrected chi connectivity index (χ3v) is 5.20. The fraction of sp³-hybridized carbons (Fsp3) is 0.350. The van der Waals surface area contributed by atoms with Crippen molar-refractivity contribution < 1.29 is 13.7 Å². The second-order valence-electron chi connectivity index (χ2n) is 7.26. The molecule has 3 aromatic heterocycles. The molecule has 0 N–H and O–H groups in total. The summed E-state index contributed by atoms with van der Waals surface area (Å²) >= 11 is 0. The number of halogens is 1. The Kier molecular flexibility index (Phi) is 4.83. The summed E-state index contributed by atoms with van der Waals surface area (Å²) in [4.78, 5) is 15.5. The smallest absolute Gasteiger partial charge is 0.254 e. The summed E-state index contributed by atoms with van der Waals surface area (Å²) in [5.74, 6) is 2.12. The maximum atomic E-state index is 13.5. The average Bonchev–Trinajstić information content (AvgIpc) is 3.43. The molecule has 10 heteroatoms. The quantitative estimate of drug-likeness (QED) is 0.497. The van der Waals surface area contributed by atoms with E-state index in [1.165, 1.54) is 18.5 Å². The van der Waals surface area contributed by atoms with Gasteiger partial charge in [0.15, 0.2) is 0 Å². The molecule has 4 aromatic rings. The monoisotopic (exact) mass is 409 g/mol. The lowest BCUT2D eigenvalue weighted by molar-refractivity contribution is 0.181. The lowest BCUT2D eigenvalue weighted by atomic mass is 9.98. The maximum Gasteiger partial charge on any atom is 0.254 e. The molecule has 4 heterocycles. The fourth-order valence-electron chi connectivity index (χ4n) is 3.82. The number of rotatable bonds is 5. The van der Waals surface area contributed by atoms with Crippen molar-refractivity contribution in [3.63, 3.8) is 0 Å². The fourth-order valence-corrected chi connectivity index (χ4v) is 3.82. The van der Waals surface area contributed by atoms with Crippen LogP contribution >= 0.6 is 0 Å². The van der Waals surface area contributed by atoms with Crippen molar-refractivity contribution in [2.45, 2.75) is 25.4 Å². The number of methoxy groups -OCH3 is 1. The SMILES string of the molecule is COCc1cc(N2CCCC(c3nc(-c4cccc(F)c4)no3)C2)n2ncnc2n1. The van der Waals surface area contributed by atoms with E-state index in [9.17, 15) is 4.39 Å². The first-order valence-electron chi connectivity index (χ1n) is 9.74. The molecule has 1 aromatic carbocycles. The van der Waals surface area contributed by atoms with Gasteiger partial charge in [0.2, 0.25) is 11.7 Å². The Hall–Kier alpha value is -3.40. The van der Waals surface area contributed by atoms with Crippen LogP contribution in [0.2, 0.25) is 0 Å². The Balaban J connectivity index is 1.42. The van der Waals surface area contributed by atoms with Crippen LogP contribution in [0.4, 0.5) is 10.2 Å². The van der Waals surface area contributed by atoms with E-state index in [1.807, 2.05) is 6.07 Å². The highest BCUT2D eigenvalue weighted by Crippen LogP contribution is 2.30. The molecule has 0 radical (unpaired) electrons. The summed E-state index contributed by atoms with van der Waals surface area (Å²) in [6.07, 6.45) is 3.38. The number of fused-ring (bicyclic) bond motifs is 1. The molecule has 1 aliphatic heterocycles. The molecule has 0 bridgehead atoms. The van der Waals surface area contributed by atoms with Gasteiger partial charge in [0.25, 0.3) is 5.78 Å². The number of nitrogens with zero attached hydrogens (tertiary/aromatic N) is 7. The van der Waals surface area contributed by atoms with Crippen LogP contribution in [0.3, 0.4) is 0 Å². The second-order valence-corrected chi connectivity index (χ2v) is 7.26. The standard InChI is InChI=1S/C20H20FN7O2/c1-29-11-16-9-17(28-20(24-16)22-12-23-28)27-7-3-5-14(10-27)19-25-18(26-30-19)13-4-2-6-15(21)8-13/h2,4,6,8-9,12,14H,3,5,7,10-11H2,1H3. The van der Waals surface area contributed by atoms with Crippen molar-refractivity contribution in [2.75, 3.05) is 25.1 Å². The van der Waals surface area contributed by atoms with E-state index in [1.54, 1.807) is 23.8 Å². The second kappa shape index (κ2) is 7.79. The lowest BCUT2D eigenvalue weighted by Gasteiger charge is -2.32. The zero-order chi connectivity index (χ0) is 20.5. The van der Waals surface area contributed by atoms with Crippen molar-refractivity contribution in [1.29, 1.82) is 0 Å². The van der Waals surface area contributed by atoms with Gasteiger partial charge in [-0.1, -0.05) is 17.3 Å². The predicted molar refractivity (Wildman–Crippen MR) is 105 cm³/mol. The van der Waals surface area contributed by atoms with Crippen molar-refractivity contribution in [3.8, 4) is 11.4 Å². The molecule has 1 saturated heterocycles. The topological polar surface area (TPSA) is 94.5 Å². The summed E-state index contributed by atoms with van der Waals surface area (Å²) in [6.45, 7) is 1.96. The molecular weight excluding hydrogens is 389 g/mol. The molecule has 5 rings (SSSR count). The normalized spacial score (nSPS) is 17.0. The van der Waals surface area contributed by atoms with Gasteiger partial charge >= 0.3 is 0 Å². The van der Waals surface area contributed by atoms with Gasteiger partial charge in [-0.3, -0.25) is 0 Å². The lowest BCUT2D eigenvalue weighted by Crippen LogP contribution is -2.36. The number of anilines is 1. The number of hydrogen-bond donors (Lipinski definition) is 0. The molecule has 0 spiro atoms. The van der Waals surface area contributed by atoms with Crippen LogP contribution in [0.5, 0.6) is 0 Å². The minimum absolute atomic E-state index is 0.0613. The van der Waals surface area contributed by atoms with Crippen molar-refractivity contribution >= 4 is 11.6 Å². The first kappa shape index (κ1) is 18.6. The van der Waals surface area contributed by atoms with Crippen molar-refractivity contribution in [1.82, 2.24) is 29.7 Å². The summed E-state index contributed by atoms with van der Waals surface area (Å²) in [5.41, 5.74) is 1.39. The van der Waals surface area contributed by atoms with Crippen LogP contribution < -0.4 is 4.90 Å². The highest BCUT2D eigenvalue weighted by atomic mass is 19.1. The van der Waals surface area contributed by atoms with Gasteiger partial charge in [-0.25, -0.2) is 9.37 Å². The molecule has 30 heavy (non-hydrogen) atoms. The minimum atomic E-state index is -0.330. The van der Waals surface area contributed by atoms with Gasteiger partial charge in [-0.2, -0.15) is 19.6 Å². The van der Waals surface area contributed by atoms with E-state index in [0.29, 0.717) is 36.2 Å². The maximum absolute atomic E-state index is 13.5. The minimum Gasteiger partial charge on any atom is -0.378 e. The molecular formula is C20H20FN7O2. The number of hydrogen-bond acceptors (Lipinski definition) is 8. The van der Waals surface area contributed by atoms with Gasteiger partial charge in [0, 0.05) is 31.8 Å². The molecule has 1 fully saturated rings. The average molecular weight is 409 g/mol. The number of piperidine rings is 1. The molecule has 154 valence electrons.